The largest absolute Gasteiger partial charge is 0.463 e. The fraction of sp³-hybridized carbons (Fsp3) is 0.500. The van der Waals surface area contributed by atoms with Crippen LogP contribution < -0.4 is 10.2 Å². The molecule has 2 radical (unpaired) electrons. The summed E-state index contributed by atoms with van der Waals surface area (Å²) < 4.78 is 12.6. The Hall–Kier alpha value is -1.39. The predicted molar refractivity (Wildman–Crippen MR) is 124 cm³/mol. The Kier molecular flexibility index (Phi) is 7.17. The van der Waals surface area contributed by atoms with Crippen molar-refractivity contribution in [1.29, 1.82) is 0 Å². The highest BCUT2D eigenvalue weighted by atomic mass is 32.3. The Labute approximate surface area is 173 Å². The van der Waals surface area contributed by atoms with Gasteiger partial charge in [0.25, 0.3) is 0 Å². The molecule has 1 aliphatic heterocycles. The second kappa shape index (κ2) is 9.41. The fourth-order valence-corrected chi connectivity index (χ4v) is 7.28. The third-order valence-electron chi connectivity index (χ3n) is 5.96. The summed E-state index contributed by atoms with van der Waals surface area (Å²) in [5.74, 6) is 4.48. The Bertz CT molecular complexity index is 787. The summed E-state index contributed by atoms with van der Waals surface area (Å²) in [5, 5.41) is 0. The summed E-state index contributed by atoms with van der Waals surface area (Å²) in [7, 11) is 5.42. The normalized spacial score (nSPS) is 18.1. The molecule has 2 aromatic rings. The quantitative estimate of drug-likeness (QED) is 0.569. The van der Waals surface area contributed by atoms with Gasteiger partial charge >= 0.3 is 0 Å². The van der Waals surface area contributed by atoms with Crippen molar-refractivity contribution in [3.63, 3.8) is 0 Å². The number of hydrogen-bond donors (Lipinski definition) is 0. The van der Waals surface area contributed by atoms with Gasteiger partial charge in [0.05, 0.1) is 6.61 Å². The lowest BCUT2D eigenvalue weighted by Gasteiger charge is -2.40. The van der Waals surface area contributed by atoms with Crippen LogP contribution in [0.5, 0.6) is 5.75 Å². The molecular weight excluding hydrogens is 363 g/mol. The highest BCUT2D eigenvalue weighted by Crippen LogP contribution is 2.60. The molecule has 1 heterocycles. The van der Waals surface area contributed by atoms with Crippen LogP contribution in [0.1, 0.15) is 45.6 Å². The Morgan fingerprint density at radius 2 is 1.75 bits per heavy atom. The Balaban J connectivity index is 2.21. The second-order valence-electron chi connectivity index (χ2n) is 7.55. The molecule has 4 heteroatoms. The van der Waals surface area contributed by atoms with Crippen molar-refractivity contribution in [2.75, 3.05) is 23.9 Å². The average Bonchev–Trinajstić information content (AvgIpc) is 2.72. The molecule has 1 atom stereocenters. The minimum atomic E-state index is -0.958. The van der Waals surface area contributed by atoms with Crippen molar-refractivity contribution in [2.45, 2.75) is 58.1 Å². The maximum Gasteiger partial charge on any atom is 0.199 e. The van der Waals surface area contributed by atoms with Gasteiger partial charge in [-0.15, -0.1) is 0 Å². The van der Waals surface area contributed by atoms with E-state index in [1.54, 1.807) is 0 Å². The van der Waals surface area contributed by atoms with E-state index in [9.17, 15) is 0 Å². The summed E-state index contributed by atoms with van der Waals surface area (Å²) in [5.41, 5.74) is 4.21. The van der Waals surface area contributed by atoms with Crippen LogP contribution in [-0.2, 0) is 4.74 Å². The van der Waals surface area contributed by atoms with Gasteiger partial charge in [0.2, 0.25) is 0 Å². The minimum absolute atomic E-state index is 0.165. The molecule has 1 saturated heterocycles. The van der Waals surface area contributed by atoms with Gasteiger partial charge < -0.3 is 9.47 Å². The van der Waals surface area contributed by atoms with Crippen LogP contribution in [0.15, 0.2) is 41.3 Å². The monoisotopic (exact) mass is 396 g/mol. The highest BCUT2D eigenvalue weighted by Gasteiger charge is 2.29. The lowest BCUT2D eigenvalue weighted by molar-refractivity contribution is -0.106. The molecule has 0 bridgehead atoms. The van der Waals surface area contributed by atoms with Crippen molar-refractivity contribution < 1.29 is 9.47 Å². The van der Waals surface area contributed by atoms with E-state index in [1.165, 1.54) is 10.5 Å². The second-order valence-corrected chi connectivity index (χ2v) is 11.8. The van der Waals surface area contributed by atoms with Crippen molar-refractivity contribution in [2.24, 2.45) is 0 Å². The summed E-state index contributed by atoms with van der Waals surface area (Å²) in [6.45, 7) is 9.92. The molecular formula is C24H33BO2S. The maximum atomic E-state index is 6.64. The van der Waals surface area contributed by atoms with Gasteiger partial charge in [-0.25, -0.2) is 10.0 Å². The standard InChI is InChI=1S/C24H33BO2S/c1-5-28(6-2,7-3)22-17-18(4)16-20(19-12-8-9-13-21(19)25)24(22)27-23-14-10-11-15-26-23/h8-9,12-13,16-17,23H,5-7,10-11,14-15H2,1-4H3. The highest BCUT2D eigenvalue weighted by molar-refractivity contribution is 8.33. The topological polar surface area (TPSA) is 18.5 Å². The SMILES string of the molecule is [B]c1ccccc1-c1cc(C)cc(S(CC)(CC)CC)c1OC1CCCCO1. The van der Waals surface area contributed by atoms with E-state index in [1.807, 2.05) is 18.2 Å². The number of benzene rings is 2. The first-order chi connectivity index (χ1) is 13.5. The first-order valence-corrected chi connectivity index (χ1v) is 12.7. The zero-order valence-corrected chi connectivity index (χ0v) is 18.6. The molecule has 0 N–H and O–H groups in total. The molecule has 28 heavy (non-hydrogen) atoms. The summed E-state index contributed by atoms with van der Waals surface area (Å²) in [6.07, 6.45) is 3.06. The summed E-state index contributed by atoms with van der Waals surface area (Å²) in [6, 6.07) is 12.7. The smallest absolute Gasteiger partial charge is 0.199 e. The molecule has 1 fully saturated rings. The van der Waals surface area contributed by atoms with Crippen molar-refractivity contribution >= 4 is 23.3 Å². The van der Waals surface area contributed by atoms with Crippen molar-refractivity contribution in [3.8, 4) is 16.9 Å². The van der Waals surface area contributed by atoms with Crippen LogP contribution in [0, 0.1) is 6.92 Å². The van der Waals surface area contributed by atoms with Gasteiger partial charge in [0, 0.05) is 16.9 Å². The average molecular weight is 396 g/mol. The lowest BCUT2D eigenvalue weighted by Crippen LogP contribution is -2.26. The van der Waals surface area contributed by atoms with Crippen LogP contribution >= 0.6 is 10.0 Å². The van der Waals surface area contributed by atoms with Gasteiger partial charge in [0.15, 0.2) is 6.29 Å². The lowest BCUT2D eigenvalue weighted by atomic mass is 9.86. The van der Waals surface area contributed by atoms with Crippen LogP contribution in [0.25, 0.3) is 11.1 Å². The van der Waals surface area contributed by atoms with Crippen LogP contribution in [0.2, 0.25) is 0 Å². The molecule has 2 aromatic carbocycles. The first kappa shape index (κ1) is 21.3. The molecule has 1 unspecified atom stereocenters. The molecule has 3 rings (SSSR count). The van der Waals surface area contributed by atoms with E-state index < -0.39 is 10.0 Å². The summed E-state index contributed by atoms with van der Waals surface area (Å²) >= 11 is 0. The van der Waals surface area contributed by atoms with E-state index in [-0.39, 0.29) is 6.29 Å². The number of ether oxygens (including phenoxy) is 2. The molecule has 2 nitrogen and oxygen atoms in total. The Morgan fingerprint density at radius 3 is 2.36 bits per heavy atom. The van der Waals surface area contributed by atoms with E-state index >= 15 is 0 Å². The van der Waals surface area contributed by atoms with E-state index in [2.05, 4.69) is 45.9 Å². The van der Waals surface area contributed by atoms with Crippen molar-refractivity contribution in [3.05, 3.63) is 42.0 Å². The van der Waals surface area contributed by atoms with E-state index in [0.29, 0.717) is 0 Å². The molecule has 0 aromatic heterocycles. The number of rotatable bonds is 7. The van der Waals surface area contributed by atoms with Gasteiger partial charge in [-0.2, -0.15) is 0 Å². The molecule has 0 spiro atoms. The number of hydrogen-bond acceptors (Lipinski definition) is 2. The third kappa shape index (κ3) is 4.28. The molecule has 0 aliphatic carbocycles. The number of aryl methyl sites for hydroxylation is 1. The van der Waals surface area contributed by atoms with Gasteiger partial charge in [0.1, 0.15) is 13.6 Å². The molecule has 0 amide bonds. The first-order valence-electron chi connectivity index (χ1n) is 10.6. The minimum Gasteiger partial charge on any atom is -0.463 e. The van der Waals surface area contributed by atoms with Gasteiger partial charge in [-0.1, -0.05) is 50.5 Å². The van der Waals surface area contributed by atoms with E-state index in [4.69, 9.17) is 17.3 Å². The van der Waals surface area contributed by atoms with Crippen molar-refractivity contribution in [1.82, 2.24) is 0 Å². The van der Waals surface area contributed by atoms with Crippen LogP contribution in [0.4, 0.5) is 0 Å². The summed E-state index contributed by atoms with van der Waals surface area (Å²) in [4.78, 5) is 1.38. The molecule has 150 valence electrons. The zero-order valence-electron chi connectivity index (χ0n) is 17.8. The maximum absolute atomic E-state index is 6.64. The zero-order chi connectivity index (χ0) is 20.1. The van der Waals surface area contributed by atoms with Crippen LogP contribution in [0.3, 0.4) is 0 Å². The van der Waals surface area contributed by atoms with Gasteiger partial charge in [-0.3, -0.25) is 0 Å². The predicted octanol–water partition coefficient (Wildman–Crippen LogP) is 5.58. The third-order valence-corrected chi connectivity index (χ3v) is 10.5. The fourth-order valence-electron chi connectivity index (χ4n) is 4.14. The Morgan fingerprint density at radius 1 is 1.04 bits per heavy atom. The van der Waals surface area contributed by atoms with Gasteiger partial charge in [-0.05, 0) is 60.3 Å². The molecule has 1 aliphatic rings. The molecule has 0 saturated carbocycles. The van der Waals surface area contributed by atoms with E-state index in [0.717, 1.165) is 65.5 Å². The van der Waals surface area contributed by atoms with Crippen LogP contribution in [-0.4, -0.2) is 38.0 Å².